The zero-order valence-electron chi connectivity index (χ0n) is 15.3. The van der Waals surface area contributed by atoms with Crippen LogP contribution in [0.15, 0.2) is 24.3 Å². The maximum atomic E-state index is 12.9. The van der Waals surface area contributed by atoms with Gasteiger partial charge in [-0.2, -0.15) is 0 Å². The molecule has 26 heavy (non-hydrogen) atoms. The maximum Gasteiger partial charge on any atom is 0.321 e. The van der Waals surface area contributed by atoms with Crippen LogP contribution in [0.1, 0.15) is 26.2 Å². The highest BCUT2D eigenvalue weighted by Crippen LogP contribution is 2.17. The summed E-state index contributed by atoms with van der Waals surface area (Å²) in [5.74, 6) is -0.134. The lowest BCUT2D eigenvalue weighted by Crippen LogP contribution is -2.53. The number of piperazine rings is 1. The zero-order chi connectivity index (χ0) is 18.5. The second-order valence-corrected chi connectivity index (χ2v) is 7.13. The molecule has 1 aromatic rings. The van der Waals surface area contributed by atoms with Crippen LogP contribution >= 0.6 is 0 Å². The van der Waals surface area contributed by atoms with E-state index in [1.807, 2.05) is 4.90 Å². The van der Waals surface area contributed by atoms with Crippen LogP contribution in [0.5, 0.6) is 0 Å². The van der Waals surface area contributed by atoms with Gasteiger partial charge in [-0.15, -0.1) is 0 Å². The van der Waals surface area contributed by atoms with Gasteiger partial charge in [0.1, 0.15) is 5.82 Å². The third-order valence-corrected chi connectivity index (χ3v) is 5.24. The molecule has 2 heterocycles. The first-order valence-corrected chi connectivity index (χ1v) is 9.36. The second-order valence-electron chi connectivity index (χ2n) is 7.13. The molecule has 1 atom stereocenters. The molecule has 1 aromatic carbocycles. The van der Waals surface area contributed by atoms with Gasteiger partial charge < -0.3 is 15.1 Å². The van der Waals surface area contributed by atoms with Gasteiger partial charge in [0.15, 0.2) is 0 Å². The highest BCUT2D eigenvalue weighted by Gasteiger charge is 2.27. The van der Waals surface area contributed by atoms with E-state index in [2.05, 4.69) is 17.1 Å². The van der Waals surface area contributed by atoms with Crippen LogP contribution in [0.4, 0.5) is 14.9 Å². The first-order chi connectivity index (χ1) is 12.5. The number of amides is 3. The predicted molar refractivity (Wildman–Crippen MR) is 98.5 cm³/mol. The fourth-order valence-corrected chi connectivity index (χ4v) is 3.60. The average Bonchev–Trinajstić information content (AvgIpc) is 2.64. The number of urea groups is 1. The van der Waals surface area contributed by atoms with Crippen LogP contribution in [0.25, 0.3) is 0 Å². The smallest absolute Gasteiger partial charge is 0.321 e. The van der Waals surface area contributed by atoms with E-state index in [9.17, 15) is 14.0 Å². The van der Waals surface area contributed by atoms with E-state index in [1.54, 1.807) is 17.0 Å². The van der Waals surface area contributed by atoms with E-state index in [1.165, 1.54) is 18.6 Å². The molecule has 3 amide bonds. The summed E-state index contributed by atoms with van der Waals surface area (Å²) in [5.41, 5.74) is 0.577. The van der Waals surface area contributed by atoms with Crippen molar-refractivity contribution in [1.82, 2.24) is 14.7 Å². The number of carbonyl (C=O) groups excluding carboxylic acids is 2. The van der Waals surface area contributed by atoms with Crippen molar-refractivity contribution in [2.45, 2.75) is 32.2 Å². The number of hydrogen-bond acceptors (Lipinski definition) is 3. The lowest BCUT2D eigenvalue weighted by molar-refractivity contribution is -0.136. The van der Waals surface area contributed by atoms with E-state index in [0.717, 1.165) is 19.4 Å². The Morgan fingerprint density at radius 1 is 1.08 bits per heavy atom. The van der Waals surface area contributed by atoms with Crippen LogP contribution in [0.3, 0.4) is 0 Å². The molecular formula is C19H27FN4O2. The standard InChI is InChI=1S/C19H27FN4O2/c1-15-4-2-3-9-24(15)18(25)14-22-10-12-23(13-11-22)19(26)21-17-7-5-16(20)6-8-17/h5-8,15H,2-4,9-14H2,1H3,(H,21,26). The minimum atomic E-state index is -0.329. The Hall–Kier alpha value is -2.15. The normalized spacial score (nSPS) is 21.5. The van der Waals surface area contributed by atoms with E-state index in [0.29, 0.717) is 44.5 Å². The molecule has 0 aliphatic carbocycles. The fourth-order valence-electron chi connectivity index (χ4n) is 3.60. The Balaban J connectivity index is 1.44. The Morgan fingerprint density at radius 3 is 2.42 bits per heavy atom. The van der Waals surface area contributed by atoms with Gasteiger partial charge in [0.05, 0.1) is 6.54 Å². The molecule has 1 unspecified atom stereocenters. The lowest BCUT2D eigenvalue weighted by atomic mass is 10.0. The molecule has 0 radical (unpaired) electrons. The monoisotopic (exact) mass is 362 g/mol. The number of rotatable bonds is 3. The molecule has 7 heteroatoms. The summed E-state index contributed by atoms with van der Waals surface area (Å²) in [4.78, 5) is 30.7. The number of anilines is 1. The Bertz CT molecular complexity index is 629. The summed E-state index contributed by atoms with van der Waals surface area (Å²) in [7, 11) is 0. The van der Waals surface area contributed by atoms with Crippen molar-refractivity contribution < 1.29 is 14.0 Å². The number of hydrogen-bond donors (Lipinski definition) is 1. The predicted octanol–water partition coefficient (Wildman–Crippen LogP) is 2.38. The van der Waals surface area contributed by atoms with E-state index in [4.69, 9.17) is 0 Å². The summed E-state index contributed by atoms with van der Waals surface area (Å²) in [6.07, 6.45) is 3.38. The minimum absolute atomic E-state index is 0.188. The number of nitrogens with zero attached hydrogens (tertiary/aromatic N) is 3. The number of benzene rings is 1. The van der Waals surface area contributed by atoms with Crippen LogP contribution in [0.2, 0.25) is 0 Å². The molecule has 2 aliphatic rings. The zero-order valence-corrected chi connectivity index (χ0v) is 15.3. The topological polar surface area (TPSA) is 55.9 Å². The number of piperidine rings is 1. The van der Waals surface area contributed by atoms with Gasteiger partial charge in [0.25, 0.3) is 0 Å². The Labute approximate surface area is 153 Å². The third kappa shape index (κ3) is 4.72. The maximum absolute atomic E-state index is 12.9. The number of nitrogens with one attached hydrogen (secondary N) is 1. The van der Waals surface area contributed by atoms with Crippen molar-refractivity contribution in [3.63, 3.8) is 0 Å². The Kier molecular flexibility index (Phi) is 6.08. The third-order valence-electron chi connectivity index (χ3n) is 5.24. The summed E-state index contributed by atoms with van der Waals surface area (Å²) >= 11 is 0. The van der Waals surface area contributed by atoms with Crippen LogP contribution in [-0.2, 0) is 4.79 Å². The van der Waals surface area contributed by atoms with Crippen molar-refractivity contribution in [3.8, 4) is 0 Å². The van der Waals surface area contributed by atoms with Crippen molar-refractivity contribution in [2.24, 2.45) is 0 Å². The minimum Gasteiger partial charge on any atom is -0.339 e. The molecule has 0 saturated carbocycles. The van der Waals surface area contributed by atoms with E-state index in [-0.39, 0.29) is 17.8 Å². The van der Waals surface area contributed by atoms with Gasteiger partial charge >= 0.3 is 6.03 Å². The number of likely N-dealkylation sites (tertiary alicyclic amines) is 1. The van der Waals surface area contributed by atoms with Crippen LogP contribution in [-0.4, -0.2) is 71.9 Å². The van der Waals surface area contributed by atoms with E-state index < -0.39 is 0 Å². The quantitative estimate of drug-likeness (QED) is 0.898. The number of carbonyl (C=O) groups is 2. The van der Waals surface area contributed by atoms with Crippen molar-refractivity contribution in [3.05, 3.63) is 30.1 Å². The first kappa shape index (κ1) is 18.6. The highest BCUT2D eigenvalue weighted by molar-refractivity contribution is 5.89. The molecule has 0 aromatic heterocycles. The number of halogens is 1. The van der Waals surface area contributed by atoms with Gasteiger partial charge in [-0.1, -0.05) is 0 Å². The van der Waals surface area contributed by atoms with Crippen LogP contribution < -0.4 is 5.32 Å². The molecule has 142 valence electrons. The average molecular weight is 362 g/mol. The summed E-state index contributed by atoms with van der Waals surface area (Å²) in [6, 6.07) is 5.87. The van der Waals surface area contributed by atoms with Gasteiger partial charge in [-0.25, -0.2) is 9.18 Å². The second kappa shape index (κ2) is 8.49. The molecule has 2 aliphatic heterocycles. The van der Waals surface area contributed by atoms with Gasteiger partial charge in [-0.3, -0.25) is 9.69 Å². The van der Waals surface area contributed by atoms with Crippen molar-refractivity contribution >= 4 is 17.6 Å². The van der Waals surface area contributed by atoms with Gasteiger partial charge in [-0.05, 0) is 50.5 Å². The SMILES string of the molecule is CC1CCCCN1C(=O)CN1CCN(C(=O)Nc2ccc(F)cc2)CC1. The Morgan fingerprint density at radius 2 is 1.77 bits per heavy atom. The highest BCUT2D eigenvalue weighted by atomic mass is 19.1. The molecule has 2 saturated heterocycles. The lowest BCUT2D eigenvalue weighted by Gasteiger charge is -2.38. The fraction of sp³-hybridized carbons (Fsp3) is 0.579. The van der Waals surface area contributed by atoms with E-state index >= 15 is 0 Å². The molecule has 1 N–H and O–H groups in total. The molecule has 0 bridgehead atoms. The molecule has 3 rings (SSSR count). The molecule has 2 fully saturated rings. The van der Waals surface area contributed by atoms with Crippen LogP contribution in [0, 0.1) is 5.82 Å². The van der Waals surface area contributed by atoms with Crippen molar-refractivity contribution in [2.75, 3.05) is 44.6 Å². The molecular weight excluding hydrogens is 335 g/mol. The largest absolute Gasteiger partial charge is 0.339 e. The summed E-state index contributed by atoms with van der Waals surface area (Å²) in [5, 5.41) is 2.78. The van der Waals surface area contributed by atoms with Gasteiger partial charge in [0.2, 0.25) is 5.91 Å². The van der Waals surface area contributed by atoms with Gasteiger partial charge in [0, 0.05) is 44.5 Å². The van der Waals surface area contributed by atoms with Crippen molar-refractivity contribution in [1.29, 1.82) is 0 Å². The molecule has 6 nitrogen and oxygen atoms in total. The summed E-state index contributed by atoms with van der Waals surface area (Å²) < 4.78 is 12.9. The summed E-state index contributed by atoms with van der Waals surface area (Å²) in [6.45, 7) is 5.94. The first-order valence-electron chi connectivity index (χ1n) is 9.36. The molecule has 0 spiro atoms.